The van der Waals surface area contributed by atoms with E-state index in [0.717, 1.165) is 25.9 Å². The lowest BCUT2D eigenvalue weighted by Crippen LogP contribution is -2.27. The Labute approximate surface area is 120 Å². The number of hydrogen-bond acceptors (Lipinski definition) is 3. The summed E-state index contributed by atoms with van der Waals surface area (Å²) in [6.45, 7) is 1.50. The molecule has 0 bridgehead atoms. The van der Waals surface area contributed by atoms with E-state index in [1.165, 1.54) is 18.2 Å². The van der Waals surface area contributed by atoms with Gasteiger partial charge in [0.2, 0.25) is 0 Å². The number of benzene rings is 1. The van der Waals surface area contributed by atoms with E-state index in [4.69, 9.17) is 5.11 Å². The van der Waals surface area contributed by atoms with Gasteiger partial charge in [-0.1, -0.05) is 12.1 Å². The number of carboxylic acids is 1. The third-order valence-corrected chi connectivity index (χ3v) is 3.43. The van der Waals surface area contributed by atoms with Gasteiger partial charge >= 0.3 is 12.3 Å². The van der Waals surface area contributed by atoms with Crippen LogP contribution in [0.4, 0.5) is 13.2 Å². The number of hydrogen-bond donors (Lipinski definition) is 1. The third-order valence-electron chi connectivity index (χ3n) is 3.43. The minimum atomic E-state index is -4.76. The molecular formula is C14H16F3NO3. The van der Waals surface area contributed by atoms with Crippen molar-refractivity contribution in [2.45, 2.75) is 31.7 Å². The highest BCUT2D eigenvalue weighted by atomic mass is 19.4. The summed E-state index contributed by atoms with van der Waals surface area (Å²) in [6, 6.07) is 5.12. The number of rotatable bonds is 5. The second kappa shape index (κ2) is 6.34. The van der Waals surface area contributed by atoms with E-state index >= 15 is 0 Å². The summed E-state index contributed by atoms with van der Waals surface area (Å²) in [4.78, 5) is 13.0. The number of aliphatic carboxylic acids is 1. The van der Waals surface area contributed by atoms with Crippen LogP contribution in [-0.2, 0) is 4.79 Å². The van der Waals surface area contributed by atoms with E-state index in [1.807, 2.05) is 4.90 Å². The molecule has 1 aliphatic heterocycles. The smallest absolute Gasteiger partial charge is 0.481 e. The fourth-order valence-corrected chi connectivity index (χ4v) is 2.60. The molecule has 1 fully saturated rings. The Balaban J connectivity index is 2.22. The fourth-order valence-electron chi connectivity index (χ4n) is 2.60. The average Bonchev–Trinajstić information content (AvgIpc) is 2.87. The van der Waals surface area contributed by atoms with Gasteiger partial charge in [0.1, 0.15) is 5.75 Å². The summed E-state index contributed by atoms with van der Waals surface area (Å²) in [5.41, 5.74) is 0.529. The van der Waals surface area contributed by atoms with Crippen molar-refractivity contribution >= 4 is 5.97 Å². The Morgan fingerprint density at radius 3 is 2.57 bits per heavy atom. The van der Waals surface area contributed by atoms with Crippen molar-refractivity contribution in [2.24, 2.45) is 0 Å². The van der Waals surface area contributed by atoms with Gasteiger partial charge in [0.25, 0.3) is 0 Å². The van der Waals surface area contributed by atoms with Crippen LogP contribution in [0.25, 0.3) is 0 Å². The molecule has 1 aliphatic rings. The molecule has 1 unspecified atom stereocenters. The van der Waals surface area contributed by atoms with Gasteiger partial charge in [-0.05, 0) is 43.6 Å². The zero-order chi connectivity index (χ0) is 15.5. The van der Waals surface area contributed by atoms with E-state index in [9.17, 15) is 18.0 Å². The van der Waals surface area contributed by atoms with E-state index in [1.54, 1.807) is 6.07 Å². The normalized spacial score (nSPS) is 17.7. The molecule has 4 nitrogen and oxygen atoms in total. The van der Waals surface area contributed by atoms with Gasteiger partial charge in [-0.2, -0.15) is 0 Å². The minimum absolute atomic E-state index is 0.143. The van der Waals surface area contributed by atoms with Crippen molar-refractivity contribution < 1.29 is 27.8 Å². The molecule has 1 atom stereocenters. The molecule has 0 amide bonds. The second-order valence-electron chi connectivity index (χ2n) is 4.98. The van der Waals surface area contributed by atoms with Crippen LogP contribution in [0.15, 0.2) is 24.3 Å². The lowest BCUT2D eigenvalue weighted by molar-refractivity contribution is -0.274. The molecule has 0 spiro atoms. The predicted octanol–water partition coefficient (Wildman–Crippen LogP) is 3.20. The number of alkyl halides is 3. The highest BCUT2D eigenvalue weighted by Gasteiger charge is 2.32. The molecule has 1 N–H and O–H groups in total. The van der Waals surface area contributed by atoms with Crippen LogP contribution in [0.2, 0.25) is 0 Å². The SMILES string of the molecule is O=C(O)CC(c1cccc(OC(F)(F)F)c1)N1CCCC1. The van der Waals surface area contributed by atoms with Crippen LogP contribution < -0.4 is 4.74 Å². The molecule has 21 heavy (non-hydrogen) atoms. The van der Waals surface area contributed by atoms with Gasteiger partial charge in [-0.3, -0.25) is 9.69 Å². The fraction of sp³-hybridized carbons (Fsp3) is 0.500. The standard InChI is InChI=1S/C14H16F3NO3/c15-14(16,17)21-11-5-3-4-10(8-11)12(9-13(19)20)18-6-1-2-7-18/h3-5,8,12H,1-2,6-7,9H2,(H,19,20). The van der Waals surface area contributed by atoms with Crippen molar-refractivity contribution in [1.82, 2.24) is 4.90 Å². The van der Waals surface area contributed by atoms with Crippen molar-refractivity contribution in [3.05, 3.63) is 29.8 Å². The van der Waals surface area contributed by atoms with Gasteiger partial charge in [0.05, 0.1) is 6.42 Å². The van der Waals surface area contributed by atoms with Crippen LogP contribution in [0.1, 0.15) is 30.9 Å². The lowest BCUT2D eigenvalue weighted by atomic mass is 10.0. The van der Waals surface area contributed by atoms with E-state index in [0.29, 0.717) is 5.56 Å². The third kappa shape index (κ3) is 4.63. The zero-order valence-corrected chi connectivity index (χ0v) is 11.3. The summed E-state index contributed by atoms with van der Waals surface area (Å²) < 4.78 is 40.7. The number of carbonyl (C=O) groups is 1. The Morgan fingerprint density at radius 1 is 1.33 bits per heavy atom. The topological polar surface area (TPSA) is 49.8 Å². The molecule has 1 aromatic rings. The van der Waals surface area contributed by atoms with Crippen LogP contribution in [0.5, 0.6) is 5.75 Å². The van der Waals surface area contributed by atoms with Crippen LogP contribution in [0, 0.1) is 0 Å². The van der Waals surface area contributed by atoms with Crippen LogP contribution in [0.3, 0.4) is 0 Å². The second-order valence-corrected chi connectivity index (χ2v) is 4.98. The maximum Gasteiger partial charge on any atom is 0.573 e. The number of likely N-dealkylation sites (tertiary alicyclic amines) is 1. The highest BCUT2D eigenvalue weighted by molar-refractivity contribution is 5.68. The first-order valence-electron chi connectivity index (χ1n) is 6.67. The molecule has 2 rings (SSSR count). The summed E-state index contributed by atoms with van der Waals surface area (Å²) in [5, 5.41) is 9.02. The number of carboxylic acid groups (broad SMARTS) is 1. The van der Waals surface area contributed by atoms with Gasteiger partial charge in [0.15, 0.2) is 0 Å². The van der Waals surface area contributed by atoms with Crippen molar-refractivity contribution in [3.63, 3.8) is 0 Å². The molecular weight excluding hydrogens is 287 g/mol. The minimum Gasteiger partial charge on any atom is -0.481 e. The molecule has 7 heteroatoms. The maximum absolute atomic E-state index is 12.3. The number of ether oxygens (including phenoxy) is 1. The highest BCUT2D eigenvalue weighted by Crippen LogP contribution is 2.31. The number of nitrogens with zero attached hydrogens (tertiary/aromatic N) is 1. The first-order chi connectivity index (χ1) is 9.85. The van der Waals surface area contributed by atoms with Crippen LogP contribution >= 0.6 is 0 Å². The monoisotopic (exact) mass is 303 g/mol. The molecule has 0 radical (unpaired) electrons. The zero-order valence-electron chi connectivity index (χ0n) is 11.3. The Morgan fingerprint density at radius 2 is 2.00 bits per heavy atom. The van der Waals surface area contributed by atoms with Gasteiger partial charge in [-0.15, -0.1) is 13.2 Å². The quantitative estimate of drug-likeness (QED) is 0.907. The van der Waals surface area contributed by atoms with Gasteiger partial charge in [0, 0.05) is 6.04 Å². The molecule has 0 aliphatic carbocycles. The van der Waals surface area contributed by atoms with Crippen LogP contribution in [-0.4, -0.2) is 35.4 Å². The maximum atomic E-state index is 12.3. The molecule has 1 aromatic carbocycles. The molecule has 0 saturated carbocycles. The lowest BCUT2D eigenvalue weighted by Gasteiger charge is -2.27. The van der Waals surface area contributed by atoms with Crippen molar-refractivity contribution in [2.75, 3.05) is 13.1 Å². The molecule has 1 saturated heterocycles. The van der Waals surface area contributed by atoms with Crippen molar-refractivity contribution in [3.8, 4) is 5.75 Å². The summed E-state index contributed by atoms with van der Waals surface area (Å²) in [6.07, 6.45) is -2.96. The molecule has 116 valence electrons. The Kier molecular flexibility index (Phi) is 4.72. The predicted molar refractivity (Wildman–Crippen MR) is 68.9 cm³/mol. The molecule has 1 heterocycles. The largest absolute Gasteiger partial charge is 0.573 e. The summed E-state index contributed by atoms with van der Waals surface area (Å²) in [5.74, 6) is -1.30. The van der Waals surface area contributed by atoms with Gasteiger partial charge < -0.3 is 9.84 Å². The Bertz CT molecular complexity index is 498. The average molecular weight is 303 g/mol. The number of halogens is 3. The summed E-state index contributed by atoms with van der Waals surface area (Å²) >= 11 is 0. The van der Waals surface area contributed by atoms with Gasteiger partial charge in [-0.25, -0.2) is 0 Å². The van der Waals surface area contributed by atoms with E-state index < -0.39 is 18.4 Å². The first-order valence-corrected chi connectivity index (χ1v) is 6.67. The summed E-state index contributed by atoms with van der Waals surface area (Å²) in [7, 11) is 0. The molecule has 0 aromatic heterocycles. The van der Waals surface area contributed by atoms with E-state index in [-0.39, 0.29) is 12.2 Å². The van der Waals surface area contributed by atoms with Crippen molar-refractivity contribution in [1.29, 1.82) is 0 Å². The Hall–Kier alpha value is -1.76. The van der Waals surface area contributed by atoms with E-state index in [2.05, 4.69) is 4.74 Å². The first kappa shape index (κ1) is 15.6.